The highest BCUT2D eigenvalue weighted by molar-refractivity contribution is 5.68. The SMILES string of the molecule is CC(CC(=O)O)c1cc(C(C)(C)C)ccc1O. The molecule has 0 fully saturated rings. The molecule has 2 N–H and O–H groups in total. The van der Waals surface area contributed by atoms with E-state index >= 15 is 0 Å². The molecule has 0 aliphatic heterocycles. The van der Waals surface area contributed by atoms with E-state index in [1.165, 1.54) is 0 Å². The molecule has 1 atom stereocenters. The number of phenolic OH excluding ortho intramolecular Hbond substituents is 1. The van der Waals surface area contributed by atoms with Gasteiger partial charge in [-0.25, -0.2) is 0 Å². The summed E-state index contributed by atoms with van der Waals surface area (Å²) in [4.78, 5) is 10.7. The molecule has 0 amide bonds. The molecule has 1 aromatic rings. The average molecular weight is 236 g/mol. The number of phenols is 1. The lowest BCUT2D eigenvalue weighted by Gasteiger charge is -2.21. The van der Waals surface area contributed by atoms with Crippen molar-refractivity contribution in [1.29, 1.82) is 0 Å². The van der Waals surface area contributed by atoms with Crippen LogP contribution in [-0.2, 0) is 10.2 Å². The Kier molecular flexibility index (Phi) is 3.81. The number of rotatable bonds is 3. The zero-order valence-electron chi connectivity index (χ0n) is 10.8. The van der Waals surface area contributed by atoms with Gasteiger partial charge in [0.25, 0.3) is 0 Å². The van der Waals surface area contributed by atoms with E-state index in [1.54, 1.807) is 6.07 Å². The van der Waals surface area contributed by atoms with E-state index in [0.717, 1.165) is 5.56 Å². The number of carboxylic acids is 1. The molecule has 0 aromatic heterocycles. The molecule has 0 aliphatic rings. The number of carboxylic acid groups (broad SMARTS) is 1. The van der Waals surface area contributed by atoms with Gasteiger partial charge in [0.15, 0.2) is 0 Å². The maximum Gasteiger partial charge on any atom is 0.303 e. The van der Waals surface area contributed by atoms with Crippen LogP contribution in [0.5, 0.6) is 5.75 Å². The van der Waals surface area contributed by atoms with Gasteiger partial charge in [0.2, 0.25) is 0 Å². The van der Waals surface area contributed by atoms with Gasteiger partial charge in [-0.1, -0.05) is 39.8 Å². The van der Waals surface area contributed by atoms with E-state index in [9.17, 15) is 9.90 Å². The Hall–Kier alpha value is -1.51. The topological polar surface area (TPSA) is 57.5 Å². The molecule has 1 unspecified atom stereocenters. The number of benzene rings is 1. The maximum absolute atomic E-state index is 10.7. The van der Waals surface area contributed by atoms with Crippen molar-refractivity contribution in [3.05, 3.63) is 29.3 Å². The first-order valence-electron chi connectivity index (χ1n) is 5.77. The minimum Gasteiger partial charge on any atom is -0.508 e. The van der Waals surface area contributed by atoms with E-state index in [4.69, 9.17) is 5.11 Å². The minimum atomic E-state index is -0.849. The summed E-state index contributed by atoms with van der Waals surface area (Å²) in [5.74, 6) is -0.861. The van der Waals surface area contributed by atoms with Gasteiger partial charge in [0.05, 0.1) is 6.42 Å². The molecule has 0 spiro atoms. The number of aromatic hydroxyl groups is 1. The first-order valence-corrected chi connectivity index (χ1v) is 5.77. The van der Waals surface area contributed by atoms with Gasteiger partial charge in [-0.15, -0.1) is 0 Å². The van der Waals surface area contributed by atoms with E-state index in [2.05, 4.69) is 20.8 Å². The third kappa shape index (κ3) is 3.48. The van der Waals surface area contributed by atoms with Crippen molar-refractivity contribution in [2.24, 2.45) is 0 Å². The lowest BCUT2D eigenvalue weighted by molar-refractivity contribution is -0.137. The van der Waals surface area contributed by atoms with Crippen molar-refractivity contribution in [3.8, 4) is 5.75 Å². The number of hydrogen-bond acceptors (Lipinski definition) is 2. The first-order chi connectivity index (χ1) is 7.71. The predicted molar refractivity (Wildman–Crippen MR) is 67.5 cm³/mol. The second-order valence-electron chi connectivity index (χ2n) is 5.52. The number of carbonyl (C=O) groups is 1. The van der Waals surface area contributed by atoms with Gasteiger partial charge in [0, 0.05) is 0 Å². The highest BCUT2D eigenvalue weighted by Crippen LogP contribution is 2.32. The van der Waals surface area contributed by atoms with Crippen molar-refractivity contribution >= 4 is 5.97 Å². The summed E-state index contributed by atoms with van der Waals surface area (Å²) >= 11 is 0. The Labute approximate surface area is 102 Å². The molecule has 1 rings (SSSR count). The monoisotopic (exact) mass is 236 g/mol. The molecule has 0 radical (unpaired) electrons. The minimum absolute atomic E-state index is 0.00854. The Morgan fingerprint density at radius 2 is 1.94 bits per heavy atom. The molecular weight excluding hydrogens is 216 g/mol. The molecule has 0 bridgehead atoms. The molecule has 1 aromatic carbocycles. The lowest BCUT2D eigenvalue weighted by Crippen LogP contribution is -2.12. The van der Waals surface area contributed by atoms with Gasteiger partial charge in [0.1, 0.15) is 5.75 Å². The van der Waals surface area contributed by atoms with E-state index in [-0.39, 0.29) is 23.5 Å². The fourth-order valence-electron chi connectivity index (χ4n) is 1.79. The van der Waals surface area contributed by atoms with Crippen LogP contribution in [-0.4, -0.2) is 16.2 Å². The molecule has 17 heavy (non-hydrogen) atoms. The van der Waals surface area contributed by atoms with Gasteiger partial charge in [-0.3, -0.25) is 4.79 Å². The van der Waals surface area contributed by atoms with Crippen molar-refractivity contribution in [2.75, 3.05) is 0 Å². The van der Waals surface area contributed by atoms with Gasteiger partial charge >= 0.3 is 5.97 Å². The first kappa shape index (κ1) is 13.6. The molecule has 3 heteroatoms. The lowest BCUT2D eigenvalue weighted by atomic mass is 9.84. The van der Waals surface area contributed by atoms with Gasteiger partial charge < -0.3 is 10.2 Å². The van der Waals surface area contributed by atoms with Crippen molar-refractivity contribution < 1.29 is 15.0 Å². The van der Waals surface area contributed by atoms with Gasteiger partial charge in [-0.2, -0.15) is 0 Å². The summed E-state index contributed by atoms with van der Waals surface area (Å²) in [6, 6.07) is 5.43. The second-order valence-corrected chi connectivity index (χ2v) is 5.52. The third-order valence-corrected chi connectivity index (χ3v) is 2.91. The Balaban J connectivity index is 3.10. The van der Waals surface area contributed by atoms with Crippen LogP contribution >= 0.6 is 0 Å². The van der Waals surface area contributed by atoms with Crippen LogP contribution in [0.1, 0.15) is 51.2 Å². The van der Waals surface area contributed by atoms with Crippen LogP contribution in [0.3, 0.4) is 0 Å². The summed E-state index contributed by atoms with van der Waals surface area (Å²) in [5, 5.41) is 18.6. The van der Waals surface area contributed by atoms with Crippen LogP contribution in [0.15, 0.2) is 18.2 Å². The van der Waals surface area contributed by atoms with Crippen LogP contribution < -0.4 is 0 Å². The quantitative estimate of drug-likeness (QED) is 0.846. The largest absolute Gasteiger partial charge is 0.508 e. The smallest absolute Gasteiger partial charge is 0.303 e. The average Bonchev–Trinajstić information content (AvgIpc) is 2.15. The standard InChI is InChI=1S/C14H20O3/c1-9(7-13(16)17)11-8-10(14(2,3)4)5-6-12(11)15/h5-6,8-9,15H,7H2,1-4H3,(H,16,17). The maximum atomic E-state index is 10.7. The third-order valence-electron chi connectivity index (χ3n) is 2.91. The number of aliphatic carboxylic acids is 1. The summed E-state index contributed by atoms with van der Waals surface area (Å²) in [5.41, 5.74) is 1.80. The molecule has 94 valence electrons. The summed E-state index contributed by atoms with van der Waals surface area (Å²) in [6.45, 7) is 8.08. The molecule has 3 nitrogen and oxygen atoms in total. The fraction of sp³-hybridized carbons (Fsp3) is 0.500. The van der Waals surface area contributed by atoms with Crippen LogP contribution in [0.2, 0.25) is 0 Å². The zero-order chi connectivity index (χ0) is 13.2. The van der Waals surface area contributed by atoms with Crippen molar-refractivity contribution in [2.45, 2.75) is 45.4 Å². The second kappa shape index (κ2) is 4.78. The molecule has 0 saturated heterocycles. The van der Waals surface area contributed by atoms with E-state index in [0.29, 0.717) is 5.56 Å². The molecule has 0 heterocycles. The highest BCUT2D eigenvalue weighted by Gasteiger charge is 2.19. The van der Waals surface area contributed by atoms with Crippen LogP contribution in [0.25, 0.3) is 0 Å². The zero-order valence-corrected chi connectivity index (χ0v) is 10.8. The van der Waals surface area contributed by atoms with E-state index in [1.807, 2.05) is 19.1 Å². The van der Waals surface area contributed by atoms with Crippen LogP contribution in [0, 0.1) is 0 Å². The highest BCUT2D eigenvalue weighted by atomic mass is 16.4. The summed E-state index contributed by atoms with van der Waals surface area (Å²) < 4.78 is 0. The molecule has 0 aliphatic carbocycles. The fourth-order valence-corrected chi connectivity index (χ4v) is 1.79. The van der Waals surface area contributed by atoms with Crippen LogP contribution in [0.4, 0.5) is 0 Å². The normalized spacial score (nSPS) is 13.4. The summed E-state index contributed by atoms with van der Waals surface area (Å²) in [6.07, 6.45) is 0.0289. The Morgan fingerprint density at radius 1 is 1.35 bits per heavy atom. The molecular formula is C14H20O3. The summed E-state index contributed by atoms with van der Waals surface area (Å²) in [7, 11) is 0. The molecule has 0 saturated carbocycles. The Morgan fingerprint density at radius 3 is 2.41 bits per heavy atom. The van der Waals surface area contributed by atoms with Crippen molar-refractivity contribution in [3.63, 3.8) is 0 Å². The van der Waals surface area contributed by atoms with E-state index < -0.39 is 5.97 Å². The van der Waals surface area contributed by atoms with Gasteiger partial charge in [-0.05, 0) is 28.5 Å². The number of hydrogen-bond donors (Lipinski definition) is 2. The predicted octanol–water partition coefficient (Wildman–Crippen LogP) is 3.27. The Bertz CT molecular complexity index is 416. The van der Waals surface area contributed by atoms with Crippen molar-refractivity contribution in [1.82, 2.24) is 0 Å².